The highest BCUT2D eigenvalue weighted by atomic mass is 16.3. The number of nitrogens with zero attached hydrogens (tertiary/aromatic N) is 2. The summed E-state index contributed by atoms with van der Waals surface area (Å²) in [6.07, 6.45) is 3.49. The molecule has 0 aliphatic carbocycles. The van der Waals surface area contributed by atoms with Gasteiger partial charge in [-0.1, -0.05) is 18.2 Å². The Balaban J connectivity index is 1.87. The van der Waals surface area contributed by atoms with Gasteiger partial charge in [0.25, 0.3) is 0 Å². The molecule has 19 heavy (non-hydrogen) atoms. The van der Waals surface area contributed by atoms with E-state index in [2.05, 4.69) is 9.97 Å². The summed E-state index contributed by atoms with van der Waals surface area (Å²) in [4.78, 5) is 8.51. The molecule has 1 atom stereocenters. The third kappa shape index (κ3) is 2.61. The van der Waals surface area contributed by atoms with Crippen LogP contribution >= 0.6 is 0 Å². The normalized spacial score (nSPS) is 12.5. The zero-order valence-corrected chi connectivity index (χ0v) is 10.4. The molecule has 0 radical (unpaired) electrons. The number of aliphatic hydroxyl groups excluding tert-OH is 1. The largest absolute Gasteiger partial charge is 0.388 e. The van der Waals surface area contributed by atoms with Gasteiger partial charge in [-0.05, 0) is 35.9 Å². The summed E-state index contributed by atoms with van der Waals surface area (Å²) in [6, 6.07) is 15.5. The Morgan fingerprint density at radius 2 is 1.84 bits per heavy atom. The van der Waals surface area contributed by atoms with E-state index in [1.165, 1.54) is 0 Å². The summed E-state index contributed by atoms with van der Waals surface area (Å²) in [6.45, 7) is 0. The summed E-state index contributed by atoms with van der Waals surface area (Å²) >= 11 is 0. The average Bonchev–Trinajstić information content (AvgIpc) is 2.48. The molecule has 1 unspecified atom stereocenters. The van der Waals surface area contributed by atoms with Gasteiger partial charge >= 0.3 is 0 Å². The lowest BCUT2D eigenvalue weighted by Gasteiger charge is -2.11. The number of aromatic nitrogens is 2. The zero-order chi connectivity index (χ0) is 13.1. The van der Waals surface area contributed by atoms with Crippen LogP contribution in [0, 0.1) is 0 Å². The quantitative estimate of drug-likeness (QED) is 0.777. The van der Waals surface area contributed by atoms with Crippen molar-refractivity contribution in [2.75, 3.05) is 0 Å². The van der Waals surface area contributed by atoms with Crippen LogP contribution in [0.4, 0.5) is 0 Å². The van der Waals surface area contributed by atoms with Gasteiger partial charge in [0.15, 0.2) is 0 Å². The minimum Gasteiger partial charge on any atom is -0.388 e. The summed E-state index contributed by atoms with van der Waals surface area (Å²) in [5.74, 6) is 0. The van der Waals surface area contributed by atoms with Crippen molar-refractivity contribution < 1.29 is 5.11 Å². The van der Waals surface area contributed by atoms with E-state index in [4.69, 9.17) is 0 Å². The van der Waals surface area contributed by atoms with E-state index in [1.54, 1.807) is 12.4 Å². The van der Waals surface area contributed by atoms with Crippen molar-refractivity contribution >= 4 is 10.9 Å². The number of hydrogen-bond donors (Lipinski definition) is 1. The van der Waals surface area contributed by atoms with Crippen LogP contribution in [0.3, 0.4) is 0 Å². The fourth-order valence-electron chi connectivity index (χ4n) is 2.14. The van der Waals surface area contributed by atoms with E-state index >= 15 is 0 Å². The van der Waals surface area contributed by atoms with Gasteiger partial charge in [-0.3, -0.25) is 9.97 Å². The molecule has 0 spiro atoms. The number of rotatable bonds is 3. The van der Waals surface area contributed by atoms with Crippen molar-refractivity contribution in [3.63, 3.8) is 0 Å². The third-order valence-electron chi connectivity index (χ3n) is 3.14. The summed E-state index contributed by atoms with van der Waals surface area (Å²) in [5, 5.41) is 11.3. The van der Waals surface area contributed by atoms with Crippen molar-refractivity contribution in [1.82, 2.24) is 9.97 Å². The lowest BCUT2D eigenvalue weighted by atomic mass is 10.0. The number of aliphatic hydroxyl groups is 1. The Morgan fingerprint density at radius 1 is 0.947 bits per heavy atom. The lowest BCUT2D eigenvalue weighted by molar-refractivity contribution is 0.177. The molecule has 3 nitrogen and oxygen atoms in total. The average molecular weight is 250 g/mol. The second-order valence-corrected chi connectivity index (χ2v) is 4.50. The summed E-state index contributed by atoms with van der Waals surface area (Å²) in [5.41, 5.74) is 2.73. The Kier molecular flexibility index (Phi) is 3.21. The summed E-state index contributed by atoms with van der Waals surface area (Å²) in [7, 11) is 0. The molecule has 0 bridgehead atoms. The van der Waals surface area contributed by atoms with Crippen molar-refractivity contribution in [2.45, 2.75) is 12.5 Å². The second kappa shape index (κ2) is 5.16. The minimum atomic E-state index is -0.542. The molecule has 2 aromatic heterocycles. The molecular weight excluding hydrogens is 236 g/mol. The number of pyridine rings is 2. The molecule has 2 heterocycles. The minimum absolute atomic E-state index is 0.520. The highest BCUT2D eigenvalue weighted by Gasteiger charge is 2.09. The third-order valence-corrected chi connectivity index (χ3v) is 3.14. The number of fused-ring (bicyclic) bond motifs is 1. The Bertz CT molecular complexity index is 682. The van der Waals surface area contributed by atoms with Crippen molar-refractivity contribution in [2.24, 2.45) is 0 Å². The first-order valence-corrected chi connectivity index (χ1v) is 6.25. The maximum absolute atomic E-state index is 10.3. The highest BCUT2D eigenvalue weighted by molar-refractivity contribution is 5.79. The molecule has 0 saturated heterocycles. The Labute approximate surface area is 111 Å². The molecule has 94 valence electrons. The first-order chi connectivity index (χ1) is 9.33. The molecule has 0 saturated carbocycles. The molecule has 0 fully saturated rings. The molecule has 1 N–H and O–H groups in total. The topological polar surface area (TPSA) is 46.0 Å². The van der Waals surface area contributed by atoms with Gasteiger partial charge in [-0.25, -0.2) is 0 Å². The standard InChI is InChI=1S/C16H14N2O/c19-16(11-14-5-1-2-8-17-14)13-6-7-15-12(10-13)4-3-9-18-15/h1-10,16,19H,11H2. The Hall–Kier alpha value is -2.26. The van der Waals surface area contributed by atoms with E-state index in [0.717, 1.165) is 22.2 Å². The SMILES string of the molecule is OC(Cc1ccccn1)c1ccc2ncccc2c1. The van der Waals surface area contributed by atoms with Crippen LogP contribution in [0.25, 0.3) is 10.9 Å². The molecule has 0 amide bonds. The van der Waals surface area contributed by atoms with Crippen LogP contribution in [0.5, 0.6) is 0 Å². The molecule has 3 rings (SSSR count). The zero-order valence-electron chi connectivity index (χ0n) is 10.4. The molecular formula is C16H14N2O. The van der Waals surface area contributed by atoms with Crippen molar-refractivity contribution in [3.8, 4) is 0 Å². The van der Waals surface area contributed by atoms with Gasteiger partial charge in [0.1, 0.15) is 0 Å². The van der Waals surface area contributed by atoms with Crippen LogP contribution < -0.4 is 0 Å². The van der Waals surface area contributed by atoms with Crippen LogP contribution in [-0.4, -0.2) is 15.1 Å². The van der Waals surface area contributed by atoms with Gasteiger partial charge in [0.2, 0.25) is 0 Å². The van der Waals surface area contributed by atoms with Gasteiger partial charge in [-0.15, -0.1) is 0 Å². The monoisotopic (exact) mass is 250 g/mol. The maximum atomic E-state index is 10.3. The van der Waals surface area contributed by atoms with Gasteiger partial charge in [-0.2, -0.15) is 0 Å². The van der Waals surface area contributed by atoms with Crippen LogP contribution in [-0.2, 0) is 6.42 Å². The van der Waals surface area contributed by atoms with Gasteiger partial charge < -0.3 is 5.11 Å². The molecule has 0 aliphatic heterocycles. The molecule has 0 aliphatic rings. The van der Waals surface area contributed by atoms with E-state index < -0.39 is 6.10 Å². The predicted molar refractivity (Wildman–Crippen MR) is 74.6 cm³/mol. The van der Waals surface area contributed by atoms with E-state index in [-0.39, 0.29) is 0 Å². The van der Waals surface area contributed by atoms with E-state index in [9.17, 15) is 5.11 Å². The molecule has 3 aromatic rings. The van der Waals surface area contributed by atoms with Gasteiger partial charge in [0.05, 0.1) is 11.6 Å². The first kappa shape index (κ1) is 11.8. The first-order valence-electron chi connectivity index (χ1n) is 6.25. The van der Waals surface area contributed by atoms with Crippen LogP contribution in [0.2, 0.25) is 0 Å². The molecule has 1 aromatic carbocycles. The fourth-order valence-corrected chi connectivity index (χ4v) is 2.14. The number of hydrogen-bond acceptors (Lipinski definition) is 3. The lowest BCUT2D eigenvalue weighted by Crippen LogP contribution is -2.03. The predicted octanol–water partition coefficient (Wildman–Crippen LogP) is 2.91. The Morgan fingerprint density at radius 3 is 2.68 bits per heavy atom. The number of benzene rings is 1. The smallest absolute Gasteiger partial charge is 0.0845 e. The van der Waals surface area contributed by atoms with Crippen molar-refractivity contribution in [1.29, 1.82) is 0 Å². The van der Waals surface area contributed by atoms with E-state index in [0.29, 0.717) is 6.42 Å². The van der Waals surface area contributed by atoms with Crippen molar-refractivity contribution in [3.05, 3.63) is 72.2 Å². The van der Waals surface area contributed by atoms with Crippen LogP contribution in [0.15, 0.2) is 60.9 Å². The van der Waals surface area contributed by atoms with E-state index in [1.807, 2.05) is 48.5 Å². The molecule has 3 heteroatoms. The fraction of sp³-hybridized carbons (Fsp3) is 0.125. The van der Waals surface area contributed by atoms with Gasteiger partial charge in [0, 0.05) is 29.9 Å². The second-order valence-electron chi connectivity index (χ2n) is 4.50. The maximum Gasteiger partial charge on any atom is 0.0845 e. The summed E-state index contributed by atoms with van der Waals surface area (Å²) < 4.78 is 0. The van der Waals surface area contributed by atoms with Crippen LogP contribution in [0.1, 0.15) is 17.4 Å². The highest BCUT2D eigenvalue weighted by Crippen LogP contribution is 2.21.